The lowest BCUT2D eigenvalue weighted by molar-refractivity contribution is 0.0942. The number of carbonyl (C=O) groups is 1. The first-order valence-electron chi connectivity index (χ1n) is 6.52. The summed E-state index contributed by atoms with van der Waals surface area (Å²) in [5, 5.41) is 3.71. The highest BCUT2D eigenvalue weighted by Crippen LogP contribution is 2.21. The van der Waals surface area contributed by atoms with Crippen LogP contribution in [0.1, 0.15) is 16.8 Å². The van der Waals surface area contributed by atoms with E-state index in [9.17, 15) is 13.2 Å². The molecular formula is C14H16N2O3S. The number of fused-ring (bicyclic) bond motifs is 1. The van der Waals surface area contributed by atoms with Gasteiger partial charge in [0.15, 0.2) is 9.84 Å². The van der Waals surface area contributed by atoms with Crippen LogP contribution < -0.4 is 5.32 Å². The summed E-state index contributed by atoms with van der Waals surface area (Å²) in [4.78, 5) is 12.3. The average molecular weight is 292 g/mol. The molecule has 6 heteroatoms. The second-order valence-corrected chi connectivity index (χ2v) is 7.47. The summed E-state index contributed by atoms with van der Waals surface area (Å²) in [5.74, 6) is 0.000625. The molecule has 20 heavy (non-hydrogen) atoms. The van der Waals surface area contributed by atoms with E-state index in [1.807, 2.05) is 35.9 Å². The smallest absolute Gasteiger partial charge is 0.253 e. The fraction of sp³-hybridized carbons (Fsp3) is 0.357. The van der Waals surface area contributed by atoms with Gasteiger partial charge in [0.2, 0.25) is 0 Å². The van der Waals surface area contributed by atoms with Crippen molar-refractivity contribution in [1.29, 1.82) is 0 Å². The van der Waals surface area contributed by atoms with Crippen molar-refractivity contribution in [1.82, 2.24) is 9.88 Å². The molecule has 3 rings (SSSR count). The lowest BCUT2D eigenvalue weighted by Crippen LogP contribution is -2.35. The molecule has 2 heterocycles. The van der Waals surface area contributed by atoms with E-state index in [0.29, 0.717) is 12.0 Å². The van der Waals surface area contributed by atoms with Crippen LogP contribution >= 0.6 is 0 Å². The highest BCUT2D eigenvalue weighted by molar-refractivity contribution is 7.91. The number of nitrogens with zero attached hydrogens (tertiary/aromatic N) is 1. The van der Waals surface area contributed by atoms with Crippen LogP contribution in [0.3, 0.4) is 0 Å². The minimum atomic E-state index is -2.98. The van der Waals surface area contributed by atoms with Crippen molar-refractivity contribution in [3.8, 4) is 0 Å². The minimum absolute atomic E-state index is 0.0451. The van der Waals surface area contributed by atoms with E-state index in [4.69, 9.17) is 0 Å². The minimum Gasteiger partial charge on any atom is -0.350 e. The van der Waals surface area contributed by atoms with Crippen LogP contribution in [-0.2, 0) is 16.9 Å². The van der Waals surface area contributed by atoms with Crippen molar-refractivity contribution in [2.75, 3.05) is 11.5 Å². The molecule has 1 aliphatic heterocycles. The monoisotopic (exact) mass is 292 g/mol. The van der Waals surface area contributed by atoms with E-state index in [-0.39, 0.29) is 23.5 Å². The molecule has 0 spiro atoms. The summed E-state index contributed by atoms with van der Waals surface area (Å²) < 4.78 is 24.7. The molecule has 1 aromatic heterocycles. The van der Waals surface area contributed by atoms with Gasteiger partial charge >= 0.3 is 0 Å². The SMILES string of the molecule is Cn1cc(C(=O)N[C@@H]2CCS(=O)(=O)C2)c2ccccc21. The molecule has 1 amide bonds. The standard InChI is InChI=1S/C14H16N2O3S/c1-16-8-12(11-4-2-3-5-13(11)16)14(17)15-10-6-7-20(18,19)9-10/h2-5,8,10H,6-7,9H2,1H3,(H,15,17)/t10-/m1/s1. The van der Waals surface area contributed by atoms with E-state index in [0.717, 1.165) is 10.9 Å². The highest BCUT2D eigenvalue weighted by atomic mass is 32.2. The Morgan fingerprint density at radius 1 is 1.35 bits per heavy atom. The Bertz CT molecular complexity index is 777. The predicted molar refractivity (Wildman–Crippen MR) is 77.4 cm³/mol. The van der Waals surface area contributed by atoms with E-state index in [1.54, 1.807) is 6.20 Å². The second kappa shape index (κ2) is 4.63. The molecule has 0 aliphatic carbocycles. The third-order valence-corrected chi connectivity index (χ3v) is 5.48. The van der Waals surface area contributed by atoms with Gasteiger partial charge in [-0.15, -0.1) is 0 Å². The van der Waals surface area contributed by atoms with Crippen LogP contribution in [-0.4, -0.2) is 36.4 Å². The van der Waals surface area contributed by atoms with E-state index < -0.39 is 9.84 Å². The third kappa shape index (κ3) is 2.31. The maximum Gasteiger partial charge on any atom is 0.253 e. The number of hydrogen-bond donors (Lipinski definition) is 1. The molecule has 0 saturated carbocycles. The number of aromatic nitrogens is 1. The first-order valence-corrected chi connectivity index (χ1v) is 8.34. The Morgan fingerprint density at radius 3 is 2.80 bits per heavy atom. The second-order valence-electron chi connectivity index (χ2n) is 5.24. The molecule has 0 bridgehead atoms. The lowest BCUT2D eigenvalue weighted by Gasteiger charge is -2.09. The molecule has 1 fully saturated rings. The normalized spacial score (nSPS) is 21.1. The van der Waals surface area contributed by atoms with Crippen molar-refractivity contribution in [3.05, 3.63) is 36.0 Å². The van der Waals surface area contributed by atoms with E-state index >= 15 is 0 Å². The molecule has 1 aromatic carbocycles. The molecule has 2 aromatic rings. The molecule has 1 saturated heterocycles. The number of nitrogens with one attached hydrogen (secondary N) is 1. The summed E-state index contributed by atoms with van der Waals surface area (Å²) in [6.45, 7) is 0. The Kier molecular flexibility index (Phi) is 3.05. The van der Waals surface area contributed by atoms with Gasteiger partial charge < -0.3 is 9.88 Å². The Morgan fingerprint density at radius 2 is 2.10 bits per heavy atom. The molecular weight excluding hydrogens is 276 g/mol. The predicted octanol–water partition coefficient (Wildman–Crippen LogP) is 1.10. The maximum atomic E-state index is 12.3. The van der Waals surface area contributed by atoms with Crippen molar-refractivity contribution >= 4 is 26.6 Å². The Balaban J connectivity index is 1.87. The van der Waals surface area contributed by atoms with Gasteiger partial charge in [0.05, 0.1) is 17.1 Å². The topological polar surface area (TPSA) is 68.2 Å². The van der Waals surface area contributed by atoms with Crippen LogP contribution in [0, 0.1) is 0 Å². The lowest BCUT2D eigenvalue weighted by atomic mass is 10.1. The van der Waals surface area contributed by atoms with Crippen LogP contribution in [0.2, 0.25) is 0 Å². The summed E-state index contributed by atoms with van der Waals surface area (Å²) in [7, 11) is -1.09. The molecule has 0 radical (unpaired) electrons. The molecule has 5 nitrogen and oxygen atoms in total. The van der Waals surface area contributed by atoms with Gasteiger partial charge in [-0.3, -0.25) is 4.79 Å². The van der Waals surface area contributed by atoms with E-state index in [1.165, 1.54) is 0 Å². The van der Waals surface area contributed by atoms with Gasteiger partial charge in [-0.1, -0.05) is 18.2 Å². The number of para-hydroxylation sites is 1. The number of amides is 1. The summed E-state index contributed by atoms with van der Waals surface area (Å²) in [6, 6.07) is 7.39. The van der Waals surface area contributed by atoms with Gasteiger partial charge in [0.1, 0.15) is 0 Å². The van der Waals surface area contributed by atoms with Crippen LogP contribution in [0.25, 0.3) is 10.9 Å². The number of carbonyl (C=O) groups excluding carboxylic acids is 1. The summed E-state index contributed by atoms with van der Waals surface area (Å²) in [5.41, 5.74) is 1.57. The summed E-state index contributed by atoms with van der Waals surface area (Å²) >= 11 is 0. The fourth-order valence-electron chi connectivity index (χ4n) is 2.69. The zero-order valence-electron chi connectivity index (χ0n) is 11.2. The zero-order valence-corrected chi connectivity index (χ0v) is 12.0. The molecule has 0 unspecified atom stereocenters. The average Bonchev–Trinajstić information content (AvgIpc) is 2.91. The van der Waals surface area contributed by atoms with Gasteiger partial charge in [-0.05, 0) is 12.5 Å². The van der Waals surface area contributed by atoms with Crippen molar-refractivity contribution in [3.63, 3.8) is 0 Å². The largest absolute Gasteiger partial charge is 0.350 e. The number of benzene rings is 1. The zero-order chi connectivity index (χ0) is 14.3. The fourth-order valence-corrected chi connectivity index (χ4v) is 4.37. The van der Waals surface area contributed by atoms with Gasteiger partial charge in [0, 0.05) is 30.2 Å². The van der Waals surface area contributed by atoms with Gasteiger partial charge in [-0.2, -0.15) is 0 Å². The number of rotatable bonds is 2. The van der Waals surface area contributed by atoms with Gasteiger partial charge in [-0.25, -0.2) is 8.42 Å². The first kappa shape index (κ1) is 13.2. The summed E-state index contributed by atoms with van der Waals surface area (Å²) in [6.07, 6.45) is 2.28. The first-order chi connectivity index (χ1) is 9.46. The van der Waals surface area contributed by atoms with Crippen molar-refractivity contribution in [2.45, 2.75) is 12.5 Å². The van der Waals surface area contributed by atoms with E-state index in [2.05, 4.69) is 5.32 Å². The van der Waals surface area contributed by atoms with Gasteiger partial charge in [0.25, 0.3) is 5.91 Å². The number of sulfone groups is 1. The molecule has 1 atom stereocenters. The highest BCUT2D eigenvalue weighted by Gasteiger charge is 2.29. The Labute approximate surface area is 117 Å². The number of aryl methyl sites for hydroxylation is 1. The maximum absolute atomic E-state index is 12.3. The Hall–Kier alpha value is -1.82. The van der Waals surface area contributed by atoms with Crippen LogP contribution in [0.15, 0.2) is 30.5 Å². The number of hydrogen-bond acceptors (Lipinski definition) is 3. The third-order valence-electron chi connectivity index (χ3n) is 3.71. The molecule has 106 valence electrons. The van der Waals surface area contributed by atoms with Crippen LogP contribution in [0.5, 0.6) is 0 Å². The van der Waals surface area contributed by atoms with Crippen LogP contribution in [0.4, 0.5) is 0 Å². The molecule has 1 aliphatic rings. The van der Waals surface area contributed by atoms with Crippen molar-refractivity contribution < 1.29 is 13.2 Å². The molecule has 1 N–H and O–H groups in total. The van der Waals surface area contributed by atoms with Crippen molar-refractivity contribution in [2.24, 2.45) is 7.05 Å². The quantitative estimate of drug-likeness (QED) is 0.901.